The average molecular weight is 289 g/mol. The summed E-state index contributed by atoms with van der Waals surface area (Å²) >= 11 is 0. The molecule has 0 spiro atoms. The van der Waals surface area contributed by atoms with Crippen molar-refractivity contribution < 1.29 is 9.47 Å². The third-order valence-corrected chi connectivity index (χ3v) is 3.96. The number of rotatable bonds is 5. The van der Waals surface area contributed by atoms with Gasteiger partial charge in [0, 0.05) is 13.1 Å². The van der Waals surface area contributed by atoms with Gasteiger partial charge in [0.05, 0.1) is 19.8 Å². The van der Waals surface area contributed by atoms with Crippen LogP contribution in [0.15, 0.2) is 23.2 Å². The Balaban J connectivity index is 1.66. The van der Waals surface area contributed by atoms with E-state index in [1.165, 1.54) is 18.4 Å². The molecule has 0 unspecified atom stereocenters. The molecule has 1 aliphatic heterocycles. The van der Waals surface area contributed by atoms with E-state index in [0.29, 0.717) is 6.10 Å². The van der Waals surface area contributed by atoms with Crippen molar-refractivity contribution in [2.75, 3.05) is 20.2 Å². The minimum atomic E-state index is 0.336. The summed E-state index contributed by atoms with van der Waals surface area (Å²) < 4.78 is 11.5. The molecule has 0 saturated heterocycles. The zero-order valence-electron chi connectivity index (χ0n) is 12.5. The fraction of sp³-hybridized carbons (Fsp3) is 0.562. The van der Waals surface area contributed by atoms with E-state index in [4.69, 9.17) is 9.47 Å². The number of methoxy groups -OCH3 is 1. The van der Waals surface area contributed by atoms with Crippen LogP contribution in [0.25, 0.3) is 0 Å². The van der Waals surface area contributed by atoms with Crippen LogP contribution in [-0.4, -0.2) is 32.3 Å². The Hall–Kier alpha value is -1.91. The molecule has 1 saturated carbocycles. The molecule has 0 bridgehead atoms. The highest BCUT2D eigenvalue weighted by atomic mass is 16.5. The SMILES string of the molecule is COc1ccc(CNC2=NCCN2)cc1OC1CCCC1. The Morgan fingerprint density at radius 2 is 2.14 bits per heavy atom. The molecule has 3 rings (SSSR count). The summed E-state index contributed by atoms with van der Waals surface area (Å²) in [4.78, 5) is 4.33. The highest BCUT2D eigenvalue weighted by molar-refractivity contribution is 5.81. The number of nitrogens with one attached hydrogen (secondary N) is 2. The van der Waals surface area contributed by atoms with E-state index < -0.39 is 0 Å². The van der Waals surface area contributed by atoms with E-state index in [2.05, 4.69) is 27.8 Å². The van der Waals surface area contributed by atoms with E-state index in [-0.39, 0.29) is 0 Å². The number of guanidine groups is 1. The second-order valence-electron chi connectivity index (χ2n) is 5.52. The highest BCUT2D eigenvalue weighted by Gasteiger charge is 2.18. The lowest BCUT2D eigenvalue weighted by atomic mass is 10.2. The fourth-order valence-electron chi connectivity index (χ4n) is 2.81. The van der Waals surface area contributed by atoms with E-state index in [1.807, 2.05) is 6.07 Å². The van der Waals surface area contributed by atoms with Crippen LogP contribution in [0, 0.1) is 0 Å². The lowest BCUT2D eigenvalue weighted by Crippen LogP contribution is -2.33. The largest absolute Gasteiger partial charge is 0.493 e. The van der Waals surface area contributed by atoms with Gasteiger partial charge in [0.25, 0.3) is 0 Å². The topological polar surface area (TPSA) is 54.9 Å². The maximum absolute atomic E-state index is 6.11. The van der Waals surface area contributed by atoms with Crippen LogP contribution in [0.3, 0.4) is 0 Å². The van der Waals surface area contributed by atoms with Crippen molar-refractivity contribution >= 4 is 5.96 Å². The fourth-order valence-corrected chi connectivity index (χ4v) is 2.81. The molecule has 1 aliphatic carbocycles. The second-order valence-corrected chi connectivity index (χ2v) is 5.52. The summed E-state index contributed by atoms with van der Waals surface area (Å²) in [6, 6.07) is 6.10. The van der Waals surface area contributed by atoms with E-state index in [1.54, 1.807) is 7.11 Å². The van der Waals surface area contributed by atoms with E-state index in [0.717, 1.165) is 49.9 Å². The van der Waals surface area contributed by atoms with Crippen molar-refractivity contribution in [1.29, 1.82) is 0 Å². The normalized spacial score (nSPS) is 18.2. The molecule has 1 heterocycles. The first-order valence-electron chi connectivity index (χ1n) is 7.71. The maximum atomic E-state index is 6.11. The summed E-state index contributed by atoms with van der Waals surface area (Å²) in [5.41, 5.74) is 1.17. The lowest BCUT2D eigenvalue weighted by Gasteiger charge is -2.17. The summed E-state index contributed by atoms with van der Waals surface area (Å²) in [6.45, 7) is 2.50. The molecule has 1 fully saturated rings. The number of hydrogen-bond acceptors (Lipinski definition) is 5. The van der Waals surface area contributed by atoms with Crippen molar-refractivity contribution in [3.8, 4) is 11.5 Å². The summed E-state index contributed by atoms with van der Waals surface area (Å²) in [5, 5.41) is 6.50. The minimum Gasteiger partial charge on any atom is -0.493 e. The molecule has 2 N–H and O–H groups in total. The molecular formula is C16H23N3O2. The highest BCUT2D eigenvalue weighted by Crippen LogP contribution is 2.32. The standard InChI is InChI=1S/C16H23N3O2/c1-20-14-7-6-12(11-19-16-17-8-9-18-16)10-15(14)21-13-4-2-3-5-13/h6-7,10,13H,2-5,8-9,11H2,1H3,(H2,17,18,19). The predicted octanol–water partition coefficient (Wildman–Crippen LogP) is 2.07. The van der Waals surface area contributed by atoms with E-state index in [9.17, 15) is 0 Å². The molecule has 0 radical (unpaired) electrons. The molecule has 114 valence electrons. The van der Waals surface area contributed by atoms with Gasteiger partial charge in [-0.15, -0.1) is 0 Å². The van der Waals surface area contributed by atoms with Gasteiger partial charge in [0.1, 0.15) is 0 Å². The van der Waals surface area contributed by atoms with Gasteiger partial charge in [-0.25, -0.2) is 0 Å². The van der Waals surface area contributed by atoms with Gasteiger partial charge in [-0.1, -0.05) is 6.07 Å². The van der Waals surface area contributed by atoms with Crippen molar-refractivity contribution in [3.05, 3.63) is 23.8 Å². The van der Waals surface area contributed by atoms with Gasteiger partial charge in [-0.3, -0.25) is 4.99 Å². The Morgan fingerprint density at radius 1 is 1.29 bits per heavy atom. The number of benzene rings is 1. The zero-order valence-corrected chi connectivity index (χ0v) is 12.5. The lowest BCUT2D eigenvalue weighted by molar-refractivity contribution is 0.200. The zero-order chi connectivity index (χ0) is 14.5. The quantitative estimate of drug-likeness (QED) is 0.871. The molecule has 5 heteroatoms. The molecule has 0 atom stereocenters. The average Bonchev–Trinajstić information content (AvgIpc) is 3.18. The van der Waals surface area contributed by atoms with Gasteiger partial charge in [-0.05, 0) is 43.4 Å². The monoisotopic (exact) mass is 289 g/mol. The van der Waals surface area contributed by atoms with Crippen molar-refractivity contribution in [2.45, 2.75) is 38.3 Å². The molecule has 0 amide bonds. The molecule has 5 nitrogen and oxygen atoms in total. The maximum Gasteiger partial charge on any atom is 0.191 e. The third-order valence-electron chi connectivity index (χ3n) is 3.96. The van der Waals surface area contributed by atoms with Crippen LogP contribution < -0.4 is 20.1 Å². The van der Waals surface area contributed by atoms with Crippen LogP contribution in [0.5, 0.6) is 11.5 Å². The first-order valence-corrected chi connectivity index (χ1v) is 7.71. The first-order chi connectivity index (χ1) is 10.3. The first kappa shape index (κ1) is 14.0. The van der Waals surface area contributed by atoms with Crippen LogP contribution in [0.1, 0.15) is 31.2 Å². The van der Waals surface area contributed by atoms with Crippen molar-refractivity contribution in [2.24, 2.45) is 4.99 Å². The number of ether oxygens (including phenoxy) is 2. The van der Waals surface area contributed by atoms with Crippen molar-refractivity contribution in [3.63, 3.8) is 0 Å². The number of nitrogens with zero attached hydrogens (tertiary/aromatic N) is 1. The van der Waals surface area contributed by atoms with Gasteiger partial charge in [0.15, 0.2) is 17.5 Å². The Bertz CT molecular complexity index is 510. The second kappa shape index (κ2) is 6.70. The van der Waals surface area contributed by atoms with Crippen LogP contribution >= 0.6 is 0 Å². The molecular weight excluding hydrogens is 266 g/mol. The summed E-state index contributed by atoms with van der Waals surface area (Å²) in [7, 11) is 1.69. The summed E-state index contributed by atoms with van der Waals surface area (Å²) in [6.07, 6.45) is 5.15. The molecule has 2 aliphatic rings. The molecule has 1 aromatic carbocycles. The van der Waals surface area contributed by atoms with Gasteiger partial charge in [-0.2, -0.15) is 0 Å². The summed E-state index contributed by atoms with van der Waals surface area (Å²) in [5.74, 6) is 2.54. The Morgan fingerprint density at radius 3 is 2.86 bits per heavy atom. The molecule has 1 aromatic rings. The van der Waals surface area contributed by atoms with Gasteiger partial charge >= 0.3 is 0 Å². The van der Waals surface area contributed by atoms with Crippen molar-refractivity contribution in [1.82, 2.24) is 10.6 Å². The van der Waals surface area contributed by atoms with Crippen LogP contribution in [0.4, 0.5) is 0 Å². The van der Waals surface area contributed by atoms with Gasteiger partial charge in [0.2, 0.25) is 0 Å². The van der Waals surface area contributed by atoms with E-state index >= 15 is 0 Å². The minimum absolute atomic E-state index is 0.336. The molecule has 0 aromatic heterocycles. The predicted molar refractivity (Wildman–Crippen MR) is 83.0 cm³/mol. The van der Waals surface area contributed by atoms with Crippen LogP contribution in [-0.2, 0) is 6.54 Å². The third kappa shape index (κ3) is 3.60. The Labute approximate surface area is 125 Å². The number of aliphatic imine (C=N–C) groups is 1. The smallest absolute Gasteiger partial charge is 0.191 e. The Kier molecular flexibility index (Phi) is 4.48. The number of hydrogen-bond donors (Lipinski definition) is 2. The van der Waals surface area contributed by atoms with Crippen LogP contribution in [0.2, 0.25) is 0 Å². The van der Waals surface area contributed by atoms with Gasteiger partial charge < -0.3 is 20.1 Å². The molecule has 21 heavy (non-hydrogen) atoms.